The van der Waals surface area contributed by atoms with E-state index in [4.69, 9.17) is 10.5 Å². The standard InChI is InChI=1S/C15H18N2O3/c1-10(15(16)19)20-14(18)8-4-5-11-9-17-13-7-3-2-6-12(11)13/h2-3,6-7,9-10,17H,4-5,8H2,1H3,(H2,16,19)/t10-/m1/s1. The normalized spacial score (nSPS) is 12.2. The first-order valence-corrected chi connectivity index (χ1v) is 6.61. The topological polar surface area (TPSA) is 85.2 Å². The second kappa shape index (κ2) is 6.23. The number of hydrogen-bond acceptors (Lipinski definition) is 3. The number of aryl methyl sites for hydroxylation is 1. The Morgan fingerprint density at radius 1 is 1.35 bits per heavy atom. The van der Waals surface area contributed by atoms with Crippen molar-refractivity contribution in [2.75, 3.05) is 0 Å². The number of benzene rings is 1. The minimum Gasteiger partial charge on any atom is -0.453 e. The van der Waals surface area contributed by atoms with Crippen LogP contribution in [0.25, 0.3) is 10.9 Å². The number of aromatic nitrogens is 1. The molecule has 0 radical (unpaired) electrons. The second-order valence-corrected chi connectivity index (χ2v) is 4.75. The highest BCUT2D eigenvalue weighted by atomic mass is 16.5. The van der Waals surface area contributed by atoms with E-state index in [-0.39, 0.29) is 6.42 Å². The van der Waals surface area contributed by atoms with Crippen LogP contribution in [0.5, 0.6) is 0 Å². The van der Waals surface area contributed by atoms with Crippen LogP contribution in [0.2, 0.25) is 0 Å². The van der Waals surface area contributed by atoms with Crippen LogP contribution in [0.4, 0.5) is 0 Å². The minimum absolute atomic E-state index is 0.275. The first kappa shape index (κ1) is 14.1. The molecule has 1 heterocycles. The molecule has 1 aromatic heterocycles. The lowest BCUT2D eigenvalue weighted by Crippen LogP contribution is -2.30. The van der Waals surface area contributed by atoms with E-state index in [0.29, 0.717) is 6.42 Å². The fourth-order valence-corrected chi connectivity index (χ4v) is 2.08. The molecule has 20 heavy (non-hydrogen) atoms. The number of hydrogen-bond donors (Lipinski definition) is 2. The van der Waals surface area contributed by atoms with Crippen LogP contribution in [0, 0.1) is 0 Å². The summed E-state index contributed by atoms with van der Waals surface area (Å²) < 4.78 is 4.90. The van der Waals surface area contributed by atoms with Crippen molar-refractivity contribution in [3.8, 4) is 0 Å². The number of primary amides is 1. The van der Waals surface area contributed by atoms with E-state index in [0.717, 1.165) is 11.9 Å². The zero-order valence-electron chi connectivity index (χ0n) is 11.4. The molecule has 5 nitrogen and oxygen atoms in total. The fraction of sp³-hybridized carbons (Fsp3) is 0.333. The number of fused-ring (bicyclic) bond motifs is 1. The third-order valence-corrected chi connectivity index (χ3v) is 3.21. The van der Waals surface area contributed by atoms with Gasteiger partial charge in [-0.2, -0.15) is 0 Å². The number of rotatable bonds is 6. The molecule has 0 aliphatic rings. The maximum absolute atomic E-state index is 11.5. The molecule has 0 saturated heterocycles. The monoisotopic (exact) mass is 274 g/mol. The van der Waals surface area contributed by atoms with Gasteiger partial charge in [-0.25, -0.2) is 0 Å². The van der Waals surface area contributed by atoms with Gasteiger partial charge in [-0.1, -0.05) is 18.2 Å². The Balaban J connectivity index is 1.84. The van der Waals surface area contributed by atoms with Crippen LogP contribution in [0.15, 0.2) is 30.5 Å². The van der Waals surface area contributed by atoms with Crippen molar-refractivity contribution in [1.29, 1.82) is 0 Å². The lowest BCUT2D eigenvalue weighted by Gasteiger charge is -2.09. The third kappa shape index (κ3) is 3.38. The number of nitrogens with one attached hydrogen (secondary N) is 1. The molecule has 5 heteroatoms. The van der Waals surface area contributed by atoms with Crippen molar-refractivity contribution >= 4 is 22.8 Å². The summed E-state index contributed by atoms with van der Waals surface area (Å²) in [7, 11) is 0. The van der Waals surface area contributed by atoms with E-state index in [9.17, 15) is 9.59 Å². The number of carbonyl (C=O) groups is 2. The summed E-state index contributed by atoms with van der Waals surface area (Å²) in [4.78, 5) is 25.5. The van der Waals surface area contributed by atoms with E-state index >= 15 is 0 Å². The Morgan fingerprint density at radius 2 is 2.10 bits per heavy atom. The summed E-state index contributed by atoms with van der Waals surface area (Å²) in [5.74, 6) is -1.02. The zero-order chi connectivity index (χ0) is 14.5. The van der Waals surface area contributed by atoms with Gasteiger partial charge in [0.25, 0.3) is 5.91 Å². The number of ether oxygens (including phenoxy) is 1. The predicted octanol–water partition coefficient (Wildman–Crippen LogP) is 1.91. The summed E-state index contributed by atoms with van der Waals surface area (Å²) in [6, 6.07) is 8.03. The molecule has 2 rings (SSSR count). The van der Waals surface area contributed by atoms with Gasteiger partial charge in [0.15, 0.2) is 6.10 Å². The molecule has 0 spiro atoms. The summed E-state index contributed by atoms with van der Waals surface area (Å²) in [5.41, 5.74) is 7.30. The Kier molecular flexibility index (Phi) is 4.40. The van der Waals surface area contributed by atoms with Crippen molar-refractivity contribution in [1.82, 2.24) is 4.98 Å². The van der Waals surface area contributed by atoms with Gasteiger partial charge in [0.2, 0.25) is 0 Å². The maximum Gasteiger partial charge on any atom is 0.306 e. The Labute approximate surface area is 117 Å². The largest absolute Gasteiger partial charge is 0.453 e. The van der Waals surface area contributed by atoms with Crippen molar-refractivity contribution in [3.05, 3.63) is 36.0 Å². The van der Waals surface area contributed by atoms with Crippen LogP contribution in [-0.4, -0.2) is 23.0 Å². The highest BCUT2D eigenvalue weighted by molar-refractivity contribution is 5.83. The van der Waals surface area contributed by atoms with Crippen LogP contribution >= 0.6 is 0 Å². The van der Waals surface area contributed by atoms with Gasteiger partial charge in [-0.3, -0.25) is 9.59 Å². The number of para-hydroxylation sites is 1. The van der Waals surface area contributed by atoms with Crippen LogP contribution in [0.1, 0.15) is 25.3 Å². The number of H-pyrrole nitrogens is 1. The fourth-order valence-electron chi connectivity index (χ4n) is 2.08. The van der Waals surface area contributed by atoms with Crippen LogP contribution in [-0.2, 0) is 20.7 Å². The highest BCUT2D eigenvalue weighted by Gasteiger charge is 2.14. The Bertz CT molecular complexity index is 618. The first-order chi connectivity index (χ1) is 9.58. The molecule has 1 aromatic carbocycles. The van der Waals surface area contributed by atoms with Crippen molar-refractivity contribution in [3.63, 3.8) is 0 Å². The predicted molar refractivity (Wildman–Crippen MR) is 76.0 cm³/mol. The number of nitrogens with two attached hydrogens (primary N) is 1. The molecule has 0 fully saturated rings. The molecule has 0 saturated carbocycles. The first-order valence-electron chi connectivity index (χ1n) is 6.61. The lowest BCUT2D eigenvalue weighted by molar-refractivity contribution is -0.153. The van der Waals surface area contributed by atoms with Gasteiger partial charge in [0, 0.05) is 23.5 Å². The molecule has 3 N–H and O–H groups in total. The SMILES string of the molecule is C[C@@H](OC(=O)CCCc1c[nH]c2ccccc12)C(N)=O. The van der Waals surface area contributed by atoms with Gasteiger partial charge in [0.05, 0.1) is 0 Å². The number of aromatic amines is 1. The average molecular weight is 274 g/mol. The van der Waals surface area contributed by atoms with Gasteiger partial charge >= 0.3 is 5.97 Å². The summed E-state index contributed by atoms with van der Waals surface area (Å²) in [6.07, 6.45) is 2.82. The van der Waals surface area contributed by atoms with E-state index in [1.807, 2.05) is 24.4 Å². The van der Waals surface area contributed by atoms with Gasteiger partial charge in [-0.05, 0) is 31.4 Å². The minimum atomic E-state index is -0.865. The molecule has 0 aliphatic carbocycles. The molecule has 1 atom stereocenters. The highest BCUT2D eigenvalue weighted by Crippen LogP contribution is 2.19. The third-order valence-electron chi connectivity index (χ3n) is 3.21. The Hall–Kier alpha value is -2.30. The summed E-state index contributed by atoms with van der Waals surface area (Å²) >= 11 is 0. The zero-order valence-corrected chi connectivity index (χ0v) is 11.4. The lowest BCUT2D eigenvalue weighted by atomic mass is 10.1. The molecule has 2 aromatic rings. The molecule has 0 unspecified atom stereocenters. The van der Waals surface area contributed by atoms with Crippen molar-refractivity contribution < 1.29 is 14.3 Å². The molecular weight excluding hydrogens is 256 g/mol. The number of esters is 1. The average Bonchev–Trinajstić information content (AvgIpc) is 2.82. The molecule has 0 bridgehead atoms. The van der Waals surface area contributed by atoms with E-state index in [1.165, 1.54) is 17.9 Å². The molecular formula is C15H18N2O3. The van der Waals surface area contributed by atoms with Crippen LogP contribution < -0.4 is 5.73 Å². The summed E-state index contributed by atoms with van der Waals surface area (Å²) in [6.45, 7) is 1.47. The molecule has 106 valence electrons. The van der Waals surface area contributed by atoms with E-state index < -0.39 is 18.0 Å². The number of carbonyl (C=O) groups excluding carboxylic acids is 2. The smallest absolute Gasteiger partial charge is 0.306 e. The van der Waals surface area contributed by atoms with Gasteiger partial charge < -0.3 is 15.5 Å². The maximum atomic E-state index is 11.5. The Morgan fingerprint density at radius 3 is 2.85 bits per heavy atom. The van der Waals surface area contributed by atoms with Crippen molar-refractivity contribution in [2.24, 2.45) is 5.73 Å². The summed E-state index contributed by atoms with van der Waals surface area (Å²) in [5, 5.41) is 1.17. The quantitative estimate of drug-likeness (QED) is 0.789. The van der Waals surface area contributed by atoms with E-state index in [1.54, 1.807) is 0 Å². The van der Waals surface area contributed by atoms with Gasteiger partial charge in [0.1, 0.15) is 0 Å². The van der Waals surface area contributed by atoms with Gasteiger partial charge in [-0.15, -0.1) is 0 Å². The van der Waals surface area contributed by atoms with Crippen LogP contribution in [0.3, 0.4) is 0 Å². The van der Waals surface area contributed by atoms with E-state index in [2.05, 4.69) is 11.1 Å². The number of amides is 1. The van der Waals surface area contributed by atoms with Crippen molar-refractivity contribution in [2.45, 2.75) is 32.3 Å². The molecule has 0 aliphatic heterocycles. The second-order valence-electron chi connectivity index (χ2n) is 4.75. The molecule has 1 amide bonds.